The molecule has 112 valence electrons. The Morgan fingerprint density at radius 2 is 2.19 bits per heavy atom. The van der Waals surface area contributed by atoms with Crippen LogP contribution in [0.15, 0.2) is 36.8 Å². The molecule has 1 N–H and O–H groups in total. The lowest BCUT2D eigenvalue weighted by Gasteiger charge is -2.33. The molecule has 21 heavy (non-hydrogen) atoms. The van der Waals surface area contributed by atoms with Crippen LogP contribution in [0.3, 0.4) is 0 Å². The number of halogens is 1. The lowest BCUT2D eigenvalue weighted by Crippen LogP contribution is -2.35. The van der Waals surface area contributed by atoms with Gasteiger partial charge in [0, 0.05) is 36.3 Å². The van der Waals surface area contributed by atoms with E-state index in [1.54, 1.807) is 12.1 Å². The topological polar surface area (TPSA) is 29.9 Å². The number of hydrogen-bond donors (Lipinski definition) is 1. The minimum absolute atomic E-state index is 0.158. The van der Waals surface area contributed by atoms with Crippen molar-refractivity contribution in [1.82, 2.24) is 14.9 Å². The molecule has 0 amide bonds. The van der Waals surface area contributed by atoms with Crippen LogP contribution < -0.4 is 5.32 Å². The van der Waals surface area contributed by atoms with Crippen molar-refractivity contribution in [2.45, 2.75) is 38.1 Å². The van der Waals surface area contributed by atoms with E-state index in [1.165, 1.54) is 11.8 Å². The molecule has 2 unspecified atom stereocenters. The van der Waals surface area contributed by atoms with Crippen LogP contribution in [0.5, 0.6) is 0 Å². The van der Waals surface area contributed by atoms with Gasteiger partial charge in [-0.1, -0.05) is 12.1 Å². The highest BCUT2D eigenvalue weighted by Gasteiger charge is 2.30. The fourth-order valence-corrected chi connectivity index (χ4v) is 3.33. The number of benzene rings is 1. The van der Waals surface area contributed by atoms with Gasteiger partial charge < -0.3 is 9.88 Å². The van der Waals surface area contributed by atoms with E-state index >= 15 is 0 Å². The summed E-state index contributed by atoms with van der Waals surface area (Å²) >= 11 is 0. The van der Waals surface area contributed by atoms with Crippen molar-refractivity contribution in [1.29, 1.82) is 0 Å². The number of nitrogens with zero attached hydrogens (tertiary/aromatic N) is 2. The zero-order chi connectivity index (χ0) is 14.8. The third kappa shape index (κ3) is 2.86. The van der Waals surface area contributed by atoms with Crippen LogP contribution in [0.1, 0.15) is 49.4 Å². The van der Waals surface area contributed by atoms with Gasteiger partial charge in [0.2, 0.25) is 0 Å². The fraction of sp³-hybridized carbons (Fsp3) is 0.471. The number of aromatic nitrogens is 2. The van der Waals surface area contributed by atoms with Crippen LogP contribution in [0.25, 0.3) is 0 Å². The van der Waals surface area contributed by atoms with E-state index < -0.39 is 0 Å². The zero-order valence-electron chi connectivity index (χ0n) is 12.6. The summed E-state index contributed by atoms with van der Waals surface area (Å²) in [6.45, 7) is 6.23. The average Bonchev–Trinajstić information content (AvgIpc) is 2.97. The molecule has 1 aliphatic heterocycles. The predicted octanol–water partition coefficient (Wildman–Crippen LogP) is 3.46. The summed E-state index contributed by atoms with van der Waals surface area (Å²) in [4.78, 5) is 4.33. The van der Waals surface area contributed by atoms with Crippen molar-refractivity contribution in [2.24, 2.45) is 0 Å². The summed E-state index contributed by atoms with van der Waals surface area (Å²) in [7, 11) is 0. The third-order valence-electron chi connectivity index (χ3n) is 4.39. The molecule has 1 fully saturated rings. The average molecular weight is 287 g/mol. The minimum Gasteiger partial charge on any atom is -0.332 e. The standard InChI is InChI=1S/C17H22FN3/c1-12(2)21-11-20-10-17(21)15-6-7-19-9-16(15)13-4-3-5-14(18)8-13/h3-5,8,10-12,15-16,19H,6-7,9H2,1-2H3. The van der Waals surface area contributed by atoms with Gasteiger partial charge in [-0.3, -0.25) is 0 Å². The summed E-state index contributed by atoms with van der Waals surface area (Å²) in [5.41, 5.74) is 2.34. The van der Waals surface area contributed by atoms with Gasteiger partial charge in [-0.15, -0.1) is 0 Å². The van der Waals surface area contributed by atoms with Crippen molar-refractivity contribution < 1.29 is 4.39 Å². The van der Waals surface area contributed by atoms with Crippen LogP contribution in [-0.2, 0) is 0 Å². The molecule has 2 heterocycles. The van der Waals surface area contributed by atoms with Gasteiger partial charge >= 0.3 is 0 Å². The molecule has 2 aromatic rings. The summed E-state index contributed by atoms with van der Waals surface area (Å²) < 4.78 is 15.8. The van der Waals surface area contributed by atoms with Gasteiger partial charge in [0.1, 0.15) is 5.82 Å². The van der Waals surface area contributed by atoms with Gasteiger partial charge in [-0.25, -0.2) is 9.37 Å². The van der Waals surface area contributed by atoms with E-state index in [1.807, 2.05) is 18.6 Å². The first-order chi connectivity index (χ1) is 10.2. The highest BCUT2D eigenvalue weighted by Crippen LogP contribution is 2.38. The second kappa shape index (κ2) is 5.98. The van der Waals surface area contributed by atoms with Gasteiger partial charge in [-0.2, -0.15) is 0 Å². The first-order valence-electron chi connectivity index (χ1n) is 7.64. The van der Waals surface area contributed by atoms with Crippen LogP contribution in [0.2, 0.25) is 0 Å². The fourth-order valence-electron chi connectivity index (χ4n) is 3.33. The maximum atomic E-state index is 13.6. The molecule has 1 saturated heterocycles. The lowest BCUT2D eigenvalue weighted by molar-refractivity contribution is 0.380. The van der Waals surface area contributed by atoms with Crippen molar-refractivity contribution in [3.8, 4) is 0 Å². The number of piperidine rings is 1. The number of rotatable bonds is 3. The van der Waals surface area contributed by atoms with E-state index in [0.29, 0.717) is 17.9 Å². The molecule has 0 spiro atoms. The monoisotopic (exact) mass is 287 g/mol. The molecule has 4 heteroatoms. The molecular weight excluding hydrogens is 265 g/mol. The summed E-state index contributed by atoms with van der Waals surface area (Å²) in [6.07, 6.45) is 4.94. The number of hydrogen-bond acceptors (Lipinski definition) is 2. The highest BCUT2D eigenvalue weighted by molar-refractivity contribution is 5.27. The molecule has 2 atom stereocenters. The molecule has 0 saturated carbocycles. The predicted molar refractivity (Wildman–Crippen MR) is 82.0 cm³/mol. The van der Waals surface area contributed by atoms with Crippen LogP contribution in [0, 0.1) is 5.82 Å². The Hall–Kier alpha value is -1.68. The van der Waals surface area contributed by atoms with Crippen LogP contribution in [-0.4, -0.2) is 22.6 Å². The Morgan fingerprint density at radius 3 is 2.95 bits per heavy atom. The highest BCUT2D eigenvalue weighted by atomic mass is 19.1. The summed E-state index contributed by atoms with van der Waals surface area (Å²) in [6, 6.07) is 7.40. The van der Waals surface area contributed by atoms with E-state index in [-0.39, 0.29) is 5.82 Å². The van der Waals surface area contributed by atoms with Gasteiger partial charge in [0.05, 0.1) is 6.33 Å². The van der Waals surface area contributed by atoms with Crippen LogP contribution >= 0.6 is 0 Å². The Labute approximate surface area is 125 Å². The lowest BCUT2D eigenvalue weighted by atomic mass is 9.79. The molecule has 1 aromatic carbocycles. The Kier molecular flexibility index (Phi) is 4.06. The van der Waals surface area contributed by atoms with E-state index in [0.717, 1.165) is 25.1 Å². The molecule has 1 aliphatic rings. The molecule has 0 bridgehead atoms. The van der Waals surface area contributed by atoms with Gasteiger partial charge in [-0.05, 0) is 44.5 Å². The molecular formula is C17H22FN3. The Morgan fingerprint density at radius 1 is 1.33 bits per heavy atom. The molecule has 3 nitrogen and oxygen atoms in total. The molecule has 0 aliphatic carbocycles. The minimum atomic E-state index is -0.158. The summed E-state index contributed by atoms with van der Waals surface area (Å²) in [5, 5.41) is 3.44. The third-order valence-corrected chi connectivity index (χ3v) is 4.39. The van der Waals surface area contributed by atoms with Crippen molar-refractivity contribution >= 4 is 0 Å². The number of nitrogens with one attached hydrogen (secondary N) is 1. The SMILES string of the molecule is CC(C)n1cncc1C1CCNCC1c1cccc(F)c1. The second-order valence-corrected chi connectivity index (χ2v) is 6.08. The molecule has 1 aromatic heterocycles. The second-order valence-electron chi connectivity index (χ2n) is 6.08. The number of imidazole rings is 1. The van der Waals surface area contributed by atoms with E-state index in [2.05, 4.69) is 28.7 Å². The largest absolute Gasteiger partial charge is 0.332 e. The Bertz CT molecular complexity index is 606. The van der Waals surface area contributed by atoms with Crippen LogP contribution in [0.4, 0.5) is 4.39 Å². The maximum absolute atomic E-state index is 13.6. The Balaban J connectivity index is 1.96. The van der Waals surface area contributed by atoms with E-state index in [4.69, 9.17) is 0 Å². The van der Waals surface area contributed by atoms with Crippen molar-refractivity contribution in [3.63, 3.8) is 0 Å². The quantitative estimate of drug-likeness (QED) is 0.937. The molecule has 3 rings (SSSR count). The smallest absolute Gasteiger partial charge is 0.123 e. The first-order valence-corrected chi connectivity index (χ1v) is 7.64. The first kappa shape index (κ1) is 14.3. The van der Waals surface area contributed by atoms with Gasteiger partial charge in [0.15, 0.2) is 0 Å². The maximum Gasteiger partial charge on any atom is 0.123 e. The normalized spacial score (nSPS) is 22.7. The van der Waals surface area contributed by atoms with Gasteiger partial charge in [0.25, 0.3) is 0 Å². The summed E-state index contributed by atoms with van der Waals surface area (Å²) in [5.74, 6) is 0.524. The zero-order valence-corrected chi connectivity index (χ0v) is 12.6. The van der Waals surface area contributed by atoms with Crippen molar-refractivity contribution in [3.05, 3.63) is 53.9 Å². The van der Waals surface area contributed by atoms with Crippen molar-refractivity contribution in [2.75, 3.05) is 13.1 Å². The van der Waals surface area contributed by atoms with E-state index in [9.17, 15) is 4.39 Å². The molecule has 0 radical (unpaired) electrons.